The molecule has 5 nitrogen and oxygen atoms in total. The minimum absolute atomic E-state index is 0.184. The second kappa shape index (κ2) is 6.87. The molecule has 1 aromatic rings. The number of likely N-dealkylation sites (tertiary alicyclic amines) is 1. The van der Waals surface area contributed by atoms with E-state index in [-0.39, 0.29) is 23.7 Å². The molecule has 2 N–H and O–H groups in total. The van der Waals surface area contributed by atoms with E-state index in [0.29, 0.717) is 25.2 Å². The summed E-state index contributed by atoms with van der Waals surface area (Å²) in [5.74, 6) is -2.39. The van der Waals surface area contributed by atoms with Gasteiger partial charge in [-0.25, -0.2) is 4.39 Å². The predicted octanol–water partition coefficient (Wildman–Crippen LogP) is 2.20. The van der Waals surface area contributed by atoms with Gasteiger partial charge in [-0.3, -0.25) is 14.5 Å². The van der Waals surface area contributed by atoms with Gasteiger partial charge in [0.2, 0.25) is 5.91 Å². The van der Waals surface area contributed by atoms with Crippen LogP contribution >= 0.6 is 0 Å². The average Bonchev–Trinajstić information content (AvgIpc) is 2.49. The maximum Gasteiger partial charge on any atom is 0.307 e. The number of piperidine rings is 1. The lowest BCUT2D eigenvalue weighted by Gasteiger charge is -2.37. The van der Waals surface area contributed by atoms with E-state index in [1.165, 1.54) is 24.3 Å². The van der Waals surface area contributed by atoms with Gasteiger partial charge in [-0.1, -0.05) is 0 Å². The number of carboxylic acids is 1. The molecular formula is C16H21FN2O3. The minimum Gasteiger partial charge on any atom is -0.481 e. The smallest absolute Gasteiger partial charge is 0.307 e. The van der Waals surface area contributed by atoms with Crippen molar-refractivity contribution >= 4 is 17.6 Å². The van der Waals surface area contributed by atoms with Crippen molar-refractivity contribution in [1.29, 1.82) is 0 Å². The van der Waals surface area contributed by atoms with Crippen molar-refractivity contribution in [2.24, 2.45) is 11.8 Å². The number of halogens is 1. The van der Waals surface area contributed by atoms with Crippen molar-refractivity contribution in [2.45, 2.75) is 26.3 Å². The third-order valence-corrected chi connectivity index (χ3v) is 4.04. The van der Waals surface area contributed by atoms with Crippen molar-refractivity contribution in [3.63, 3.8) is 0 Å². The number of hydrogen-bond acceptors (Lipinski definition) is 3. The van der Waals surface area contributed by atoms with E-state index in [1.807, 2.05) is 18.7 Å². The van der Waals surface area contributed by atoms with Crippen LogP contribution in [0.15, 0.2) is 24.3 Å². The fraction of sp³-hybridized carbons (Fsp3) is 0.500. The molecule has 0 aliphatic carbocycles. The highest BCUT2D eigenvalue weighted by atomic mass is 19.1. The van der Waals surface area contributed by atoms with Crippen LogP contribution in [0.5, 0.6) is 0 Å². The van der Waals surface area contributed by atoms with E-state index < -0.39 is 11.9 Å². The van der Waals surface area contributed by atoms with Crippen molar-refractivity contribution in [3.05, 3.63) is 30.1 Å². The van der Waals surface area contributed by atoms with E-state index >= 15 is 0 Å². The van der Waals surface area contributed by atoms with Gasteiger partial charge in [0.25, 0.3) is 0 Å². The lowest BCUT2D eigenvalue weighted by Crippen LogP contribution is -2.49. The third kappa shape index (κ3) is 4.04. The molecule has 0 spiro atoms. The first-order valence-electron chi connectivity index (χ1n) is 7.40. The van der Waals surface area contributed by atoms with E-state index in [2.05, 4.69) is 5.32 Å². The quantitative estimate of drug-likeness (QED) is 0.894. The van der Waals surface area contributed by atoms with Crippen LogP contribution in [-0.4, -0.2) is 41.0 Å². The lowest BCUT2D eigenvalue weighted by atomic mass is 9.88. The number of hydrogen-bond donors (Lipinski definition) is 2. The Balaban J connectivity index is 2.06. The molecule has 0 saturated carbocycles. The number of amides is 1. The highest BCUT2D eigenvalue weighted by molar-refractivity contribution is 5.93. The Hall–Kier alpha value is -1.95. The average molecular weight is 308 g/mol. The highest BCUT2D eigenvalue weighted by Crippen LogP contribution is 2.25. The van der Waals surface area contributed by atoms with Gasteiger partial charge in [0.1, 0.15) is 5.82 Å². The standard InChI is InChI=1S/C16H21FN2O3/c1-10(2)19-8-11(7-12(9-19)16(21)22)15(20)18-14-5-3-13(17)4-6-14/h3-6,10-12H,7-9H2,1-2H3,(H,18,20)(H,21,22)/t11-,12-/m1/s1. The van der Waals surface area contributed by atoms with Gasteiger partial charge in [0.15, 0.2) is 0 Å². The van der Waals surface area contributed by atoms with Crippen LogP contribution in [0.1, 0.15) is 20.3 Å². The van der Waals surface area contributed by atoms with Gasteiger partial charge in [0.05, 0.1) is 11.8 Å². The summed E-state index contributed by atoms with van der Waals surface area (Å²) in [6.07, 6.45) is 0.325. The maximum absolute atomic E-state index is 12.9. The summed E-state index contributed by atoms with van der Waals surface area (Å²) < 4.78 is 12.9. The molecule has 1 saturated heterocycles. The Morgan fingerprint density at radius 3 is 2.36 bits per heavy atom. The fourth-order valence-corrected chi connectivity index (χ4v) is 2.70. The molecule has 1 aliphatic heterocycles. The molecule has 0 unspecified atom stereocenters. The highest BCUT2D eigenvalue weighted by Gasteiger charge is 2.35. The summed E-state index contributed by atoms with van der Waals surface area (Å²) in [7, 11) is 0. The molecule has 0 bridgehead atoms. The number of anilines is 1. The van der Waals surface area contributed by atoms with Gasteiger partial charge in [-0.15, -0.1) is 0 Å². The summed E-state index contributed by atoms with van der Waals surface area (Å²) in [6.45, 7) is 4.97. The zero-order valence-electron chi connectivity index (χ0n) is 12.8. The van der Waals surface area contributed by atoms with Crippen LogP contribution in [0.2, 0.25) is 0 Å². The molecule has 0 radical (unpaired) electrons. The van der Waals surface area contributed by atoms with Crippen LogP contribution in [0, 0.1) is 17.7 Å². The van der Waals surface area contributed by atoms with E-state index in [4.69, 9.17) is 0 Å². The summed E-state index contributed by atoms with van der Waals surface area (Å²) in [5, 5.41) is 12.0. The summed E-state index contributed by atoms with van der Waals surface area (Å²) in [6, 6.07) is 5.72. The van der Waals surface area contributed by atoms with E-state index in [9.17, 15) is 19.1 Å². The zero-order chi connectivity index (χ0) is 16.3. The van der Waals surface area contributed by atoms with E-state index in [0.717, 1.165) is 0 Å². The van der Waals surface area contributed by atoms with Crippen LogP contribution in [0.3, 0.4) is 0 Å². The van der Waals surface area contributed by atoms with Crippen LogP contribution in [0.25, 0.3) is 0 Å². The molecule has 120 valence electrons. The molecule has 1 aromatic carbocycles. The van der Waals surface area contributed by atoms with Gasteiger partial charge < -0.3 is 10.4 Å². The number of aliphatic carboxylic acids is 1. The van der Waals surface area contributed by atoms with Crippen molar-refractivity contribution in [3.8, 4) is 0 Å². The molecule has 1 amide bonds. The van der Waals surface area contributed by atoms with Crippen molar-refractivity contribution in [1.82, 2.24) is 4.90 Å². The second-order valence-corrected chi connectivity index (χ2v) is 6.01. The summed E-state index contributed by atoms with van der Waals surface area (Å²) in [4.78, 5) is 25.7. The Morgan fingerprint density at radius 2 is 1.82 bits per heavy atom. The SMILES string of the molecule is CC(C)N1C[C@H](C(=O)O)C[C@@H](C(=O)Nc2ccc(F)cc2)C1. The Bertz CT molecular complexity index is 545. The van der Waals surface area contributed by atoms with Crippen LogP contribution in [-0.2, 0) is 9.59 Å². The molecular weight excluding hydrogens is 287 g/mol. The van der Waals surface area contributed by atoms with E-state index in [1.54, 1.807) is 0 Å². The largest absolute Gasteiger partial charge is 0.481 e. The number of nitrogens with zero attached hydrogens (tertiary/aromatic N) is 1. The third-order valence-electron chi connectivity index (χ3n) is 4.04. The molecule has 6 heteroatoms. The second-order valence-electron chi connectivity index (χ2n) is 6.01. The van der Waals surface area contributed by atoms with Crippen molar-refractivity contribution in [2.75, 3.05) is 18.4 Å². The monoisotopic (exact) mass is 308 g/mol. The fourth-order valence-electron chi connectivity index (χ4n) is 2.70. The number of carbonyl (C=O) groups is 2. The summed E-state index contributed by atoms with van der Waals surface area (Å²) >= 11 is 0. The normalized spacial score (nSPS) is 22.5. The van der Waals surface area contributed by atoms with Gasteiger partial charge in [-0.05, 0) is 44.5 Å². The maximum atomic E-state index is 12.9. The van der Waals surface area contributed by atoms with Crippen LogP contribution in [0.4, 0.5) is 10.1 Å². The molecule has 2 atom stereocenters. The topological polar surface area (TPSA) is 69.6 Å². The molecule has 22 heavy (non-hydrogen) atoms. The van der Waals surface area contributed by atoms with Gasteiger partial charge >= 0.3 is 5.97 Å². The first-order chi connectivity index (χ1) is 10.4. The number of nitrogens with one attached hydrogen (secondary N) is 1. The summed E-state index contributed by atoms with van der Waals surface area (Å²) in [5.41, 5.74) is 0.514. The lowest BCUT2D eigenvalue weighted by molar-refractivity contribution is -0.145. The molecule has 1 fully saturated rings. The number of carboxylic acid groups (broad SMARTS) is 1. The van der Waals surface area contributed by atoms with Crippen LogP contribution < -0.4 is 5.32 Å². The first kappa shape index (κ1) is 16.4. The molecule has 1 heterocycles. The molecule has 2 rings (SSSR count). The Labute approximate surface area is 129 Å². The number of rotatable bonds is 4. The van der Waals surface area contributed by atoms with Gasteiger partial charge in [0, 0.05) is 24.8 Å². The number of benzene rings is 1. The zero-order valence-corrected chi connectivity index (χ0v) is 12.8. The Kier molecular flexibility index (Phi) is 5.13. The Morgan fingerprint density at radius 1 is 1.23 bits per heavy atom. The molecule has 0 aromatic heterocycles. The first-order valence-corrected chi connectivity index (χ1v) is 7.40. The van der Waals surface area contributed by atoms with Gasteiger partial charge in [-0.2, -0.15) is 0 Å². The van der Waals surface area contributed by atoms with Crippen molar-refractivity contribution < 1.29 is 19.1 Å². The predicted molar refractivity (Wildman–Crippen MR) is 81.0 cm³/mol. The number of carbonyl (C=O) groups excluding carboxylic acids is 1. The molecule has 1 aliphatic rings. The minimum atomic E-state index is -0.870.